The number of nitrogens with one attached hydrogen (secondary N) is 1. The first-order chi connectivity index (χ1) is 21.8. The molecule has 7 rings (SSSR count). The average molecular weight is 634 g/mol. The molecule has 46 heavy (non-hydrogen) atoms. The SMILES string of the molecule is C[C@@H](O)[C@@H]1CC[C@]2(C(=O)OCc3ccccc3)CC[C@]3(C)C(CCC4[C@@]5(C)CC[C@@H](OC(=O)NC6CC6)C(C)(C)C5CC[C@]43C)C12. The maximum atomic E-state index is 14.2. The van der Waals surface area contributed by atoms with E-state index in [0.29, 0.717) is 30.4 Å². The van der Waals surface area contributed by atoms with Crippen LogP contribution in [-0.2, 0) is 20.9 Å². The number of rotatable bonds is 6. The van der Waals surface area contributed by atoms with Gasteiger partial charge in [0, 0.05) is 11.5 Å². The summed E-state index contributed by atoms with van der Waals surface area (Å²) in [7, 11) is 0. The number of aliphatic hydroxyl groups excluding tert-OH is 1. The summed E-state index contributed by atoms with van der Waals surface area (Å²) in [5.74, 6) is 1.74. The van der Waals surface area contributed by atoms with Gasteiger partial charge in [0.2, 0.25) is 0 Å². The van der Waals surface area contributed by atoms with Crippen molar-refractivity contribution >= 4 is 12.1 Å². The maximum Gasteiger partial charge on any atom is 0.407 e. The van der Waals surface area contributed by atoms with Crippen LogP contribution < -0.4 is 5.32 Å². The van der Waals surface area contributed by atoms with E-state index >= 15 is 0 Å². The van der Waals surface area contributed by atoms with E-state index in [1.54, 1.807) is 0 Å². The molecule has 0 aliphatic heterocycles. The van der Waals surface area contributed by atoms with E-state index in [0.717, 1.165) is 69.8 Å². The van der Waals surface area contributed by atoms with Crippen LogP contribution in [0, 0.1) is 56.7 Å². The Kier molecular flexibility index (Phi) is 7.93. The van der Waals surface area contributed by atoms with Gasteiger partial charge in [0.05, 0.1) is 11.5 Å². The second-order valence-electron chi connectivity index (χ2n) is 18.0. The smallest absolute Gasteiger partial charge is 0.407 e. The Bertz CT molecular complexity index is 1320. The van der Waals surface area contributed by atoms with E-state index in [2.05, 4.69) is 39.9 Å². The second-order valence-corrected chi connectivity index (χ2v) is 18.0. The van der Waals surface area contributed by atoms with Gasteiger partial charge in [-0.1, -0.05) is 65.0 Å². The molecule has 6 nitrogen and oxygen atoms in total. The zero-order valence-electron chi connectivity index (χ0n) is 29.3. The fraction of sp³-hybridized carbons (Fsp3) is 0.800. The number of aliphatic hydroxyl groups is 1. The van der Waals surface area contributed by atoms with E-state index in [4.69, 9.17) is 9.47 Å². The summed E-state index contributed by atoms with van der Waals surface area (Å²) in [4.78, 5) is 27.0. The van der Waals surface area contributed by atoms with Crippen LogP contribution in [0.5, 0.6) is 0 Å². The first kappa shape index (κ1) is 32.5. The normalized spacial score (nSPS) is 44.8. The van der Waals surface area contributed by atoms with Crippen LogP contribution in [0.25, 0.3) is 0 Å². The highest BCUT2D eigenvalue weighted by molar-refractivity contribution is 5.78. The summed E-state index contributed by atoms with van der Waals surface area (Å²) >= 11 is 0. The molecule has 2 N–H and O–H groups in total. The predicted octanol–water partition coefficient (Wildman–Crippen LogP) is 8.45. The Balaban J connectivity index is 1.15. The summed E-state index contributed by atoms with van der Waals surface area (Å²) in [5, 5.41) is 14.2. The van der Waals surface area contributed by atoms with Crippen LogP contribution in [0.1, 0.15) is 124 Å². The number of benzene rings is 1. The van der Waals surface area contributed by atoms with Gasteiger partial charge >= 0.3 is 12.1 Å². The standard InChI is InChI=1S/C40H59NO5/c1-25(42)28-16-21-40(34(43)45-24-26-10-8-7-9-11-26)23-22-38(5)29(33(28)40)14-15-31-37(4)19-18-32(46-35(44)41-27-12-13-27)36(2,3)30(37)17-20-39(31,38)6/h7-11,25,27-33,42H,12-24H2,1-6H3,(H,41,44)/t25-,28+,29?,30?,31?,32-,33?,37+,38-,39-,40+/m1/s1. The molecule has 1 aromatic carbocycles. The Morgan fingerprint density at radius 1 is 0.848 bits per heavy atom. The number of carbonyl (C=O) groups is 2. The minimum Gasteiger partial charge on any atom is -0.460 e. The van der Waals surface area contributed by atoms with E-state index in [-0.39, 0.29) is 51.7 Å². The first-order valence-corrected chi connectivity index (χ1v) is 18.6. The van der Waals surface area contributed by atoms with Crippen molar-refractivity contribution in [3.8, 4) is 0 Å². The van der Waals surface area contributed by atoms with Crippen LogP contribution in [-0.4, -0.2) is 35.4 Å². The molecule has 6 aliphatic rings. The Hall–Kier alpha value is -2.08. The molecule has 6 heteroatoms. The van der Waals surface area contributed by atoms with Gasteiger partial charge in [0.25, 0.3) is 0 Å². The van der Waals surface area contributed by atoms with Gasteiger partial charge in [-0.3, -0.25) is 4.79 Å². The monoisotopic (exact) mass is 633 g/mol. The Morgan fingerprint density at radius 2 is 1.59 bits per heavy atom. The molecule has 1 amide bonds. The van der Waals surface area contributed by atoms with Gasteiger partial charge < -0.3 is 19.9 Å². The average Bonchev–Trinajstić information content (AvgIpc) is 3.73. The van der Waals surface area contributed by atoms with Crippen molar-refractivity contribution in [2.24, 2.45) is 56.7 Å². The minimum absolute atomic E-state index is 0.0275. The lowest BCUT2D eigenvalue weighted by Crippen LogP contribution is -2.67. The minimum atomic E-state index is -0.497. The number of carbonyl (C=O) groups excluding carboxylic acids is 2. The molecule has 1 aromatic rings. The van der Waals surface area contributed by atoms with Crippen LogP contribution >= 0.6 is 0 Å². The van der Waals surface area contributed by atoms with E-state index < -0.39 is 11.5 Å². The lowest BCUT2D eigenvalue weighted by atomic mass is 9.32. The van der Waals surface area contributed by atoms with Gasteiger partial charge in [0.15, 0.2) is 0 Å². The highest BCUT2D eigenvalue weighted by atomic mass is 16.6. The third-order valence-electron chi connectivity index (χ3n) is 15.8. The number of esters is 1. The van der Waals surface area contributed by atoms with Gasteiger partial charge in [-0.25, -0.2) is 4.79 Å². The van der Waals surface area contributed by atoms with Crippen LogP contribution in [0.4, 0.5) is 4.79 Å². The first-order valence-electron chi connectivity index (χ1n) is 18.6. The molecule has 0 bridgehead atoms. The third kappa shape index (κ3) is 4.80. The van der Waals surface area contributed by atoms with Crippen molar-refractivity contribution in [1.82, 2.24) is 5.32 Å². The largest absolute Gasteiger partial charge is 0.460 e. The number of hydrogen-bond acceptors (Lipinski definition) is 5. The van der Waals surface area contributed by atoms with Crippen molar-refractivity contribution in [3.63, 3.8) is 0 Å². The maximum absolute atomic E-state index is 14.2. The van der Waals surface area contributed by atoms with Gasteiger partial charge in [-0.05, 0) is 135 Å². The van der Waals surface area contributed by atoms with Crippen LogP contribution in [0.3, 0.4) is 0 Å². The highest BCUT2D eigenvalue weighted by Gasteiger charge is 2.72. The van der Waals surface area contributed by atoms with E-state index in [9.17, 15) is 14.7 Å². The lowest BCUT2D eigenvalue weighted by molar-refractivity contribution is -0.250. The number of hydrogen-bond donors (Lipinski definition) is 2. The summed E-state index contributed by atoms with van der Waals surface area (Å²) in [6.45, 7) is 14.8. The number of alkyl carbamates (subject to hydrolysis) is 1. The molecule has 0 aromatic heterocycles. The third-order valence-corrected chi connectivity index (χ3v) is 15.8. The number of amides is 1. The van der Waals surface area contributed by atoms with E-state index in [1.807, 2.05) is 37.3 Å². The Morgan fingerprint density at radius 3 is 2.28 bits per heavy atom. The van der Waals surface area contributed by atoms with Gasteiger partial charge in [0.1, 0.15) is 12.7 Å². The molecule has 254 valence electrons. The van der Waals surface area contributed by atoms with Crippen molar-refractivity contribution in [2.75, 3.05) is 0 Å². The molecule has 4 unspecified atom stereocenters. The zero-order chi connectivity index (χ0) is 32.7. The summed E-state index contributed by atoms with van der Waals surface area (Å²) in [6, 6.07) is 10.3. The molecular weight excluding hydrogens is 574 g/mol. The van der Waals surface area contributed by atoms with E-state index in [1.165, 1.54) is 12.8 Å². The quantitative estimate of drug-likeness (QED) is 0.307. The topological polar surface area (TPSA) is 84.9 Å². The van der Waals surface area contributed by atoms with Crippen molar-refractivity contribution in [3.05, 3.63) is 35.9 Å². The lowest BCUT2D eigenvalue weighted by Gasteiger charge is -2.72. The van der Waals surface area contributed by atoms with Crippen molar-refractivity contribution < 1.29 is 24.2 Å². The van der Waals surface area contributed by atoms with Gasteiger partial charge in [-0.2, -0.15) is 0 Å². The van der Waals surface area contributed by atoms with Crippen molar-refractivity contribution in [2.45, 2.75) is 143 Å². The molecule has 0 radical (unpaired) electrons. The van der Waals surface area contributed by atoms with Crippen LogP contribution in [0.2, 0.25) is 0 Å². The predicted molar refractivity (Wildman–Crippen MR) is 179 cm³/mol. The fourth-order valence-electron chi connectivity index (χ4n) is 13.1. The van der Waals surface area contributed by atoms with Crippen LogP contribution in [0.15, 0.2) is 30.3 Å². The van der Waals surface area contributed by atoms with Crippen molar-refractivity contribution in [1.29, 1.82) is 0 Å². The molecule has 11 atom stereocenters. The fourth-order valence-corrected chi connectivity index (χ4v) is 13.1. The number of ether oxygens (including phenoxy) is 2. The molecule has 6 aliphatic carbocycles. The summed E-state index contributed by atoms with van der Waals surface area (Å²) in [5.41, 5.74) is 0.875. The molecular formula is C40H59NO5. The summed E-state index contributed by atoms with van der Waals surface area (Å²) < 4.78 is 12.3. The molecule has 0 saturated heterocycles. The molecule has 6 fully saturated rings. The second kappa shape index (κ2) is 11.2. The molecule has 0 spiro atoms. The molecule has 6 saturated carbocycles. The Labute approximate surface area is 277 Å². The summed E-state index contributed by atoms with van der Waals surface area (Å²) in [6.07, 6.45) is 11.7. The molecule has 0 heterocycles. The van der Waals surface area contributed by atoms with Gasteiger partial charge in [-0.15, -0.1) is 0 Å². The highest BCUT2D eigenvalue weighted by Crippen LogP contribution is 2.77. The number of fused-ring (bicyclic) bond motifs is 7. The zero-order valence-corrected chi connectivity index (χ0v) is 29.3.